The molecular formula is C14H20N2O. The van der Waals surface area contributed by atoms with E-state index in [0.717, 1.165) is 12.1 Å². The van der Waals surface area contributed by atoms with E-state index >= 15 is 0 Å². The topological polar surface area (TPSA) is 41.1 Å². The van der Waals surface area contributed by atoms with E-state index in [2.05, 4.69) is 22.8 Å². The van der Waals surface area contributed by atoms with Gasteiger partial charge in [0.25, 0.3) is 0 Å². The van der Waals surface area contributed by atoms with Gasteiger partial charge in [-0.05, 0) is 42.5 Å². The van der Waals surface area contributed by atoms with Crippen LogP contribution in [-0.4, -0.2) is 18.5 Å². The Morgan fingerprint density at radius 3 is 2.82 bits per heavy atom. The largest absolute Gasteiger partial charge is 0.325 e. The lowest BCUT2D eigenvalue weighted by Gasteiger charge is -2.10. The second-order valence-electron chi connectivity index (χ2n) is 4.92. The van der Waals surface area contributed by atoms with Crippen LogP contribution in [0.25, 0.3) is 0 Å². The molecule has 3 heteroatoms. The first-order valence-electron chi connectivity index (χ1n) is 6.30. The second-order valence-corrected chi connectivity index (χ2v) is 4.92. The number of nitrogens with one attached hydrogen (secondary N) is 2. The van der Waals surface area contributed by atoms with Crippen LogP contribution in [0, 0.1) is 0 Å². The molecular weight excluding hydrogens is 212 g/mol. The van der Waals surface area contributed by atoms with E-state index in [9.17, 15) is 4.79 Å². The summed E-state index contributed by atoms with van der Waals surface area (Å²) >= 11 is 0. The first-order valence-corrected chi connectivity index (χ1v) is 6.30. The molecule has 3 nitrogen and oxygen atoms in total. The summed E-state index contributed by atoms with van der Waals surface area (Å²) in [5.74, 6) is 0.0247. The Balaban J connectivity index is 1.92. The monoisotopic (exact) mass is 232 g/mol. The van der Waals surface area contributed by atoms with Gasteiger partial charge in [0.15, 0.2) is 0 Å². The highest BCUT2D eigenvalue weighted by molar-refractivity contribution is 5.92. The van der Waals surface area contributed by atoms with Crippen molar-refractivity contribution >= 4 is 11.6 Å². The van der Waals surface area contributed by atoms with Crippen LogP contribution in [0.1, 0.15) is 31.4 Å². The van der Waals surface area contributed by atoms with E-state index in [1.165, 1.54) is 24.0 Å². The molecule has 0 heterocycles. The van der Waals surface area contributed by atoms with Crippen LogP contribution >= 0.6 is 0 Å². The molecule has 0 unspecified atom stereocenters. The first kappa shape index (κ1) is 12.1. The number of hydrogen-bond donors (Lipinski definition) is 2. The average Bonchev–Trinajstić information content (AvgIpc) is 2.73. The fourth-order valence-electron chi connectivity index (χ4n) is 2.15. The number of amides is 1. The standard InChI is InChI=1S/C14H20N2O/c1-10(2)15-9-14(17)16-13-7-6-11-4-3-5-12(11)8-13/h6-8,10,15H,3-5,9H2,1-2H3,(H,16,17). The van der Waals surface area contributed by atoms with Crippen LogP contribution in [0.2, 0.25) is 0 Å². The van der Waals surface area contributed by atoms with E-state index in [1.54, 1.807) is 0 Å². The predicted octanol–water partition coefficient (Wildman–Crippen LogP) is 2.11. The molecule has 0 spiro atoms. The number of hydrogen-bond acceptors (Lipinski definition) is 2. The minimum Gasteiger partial charge on any atom is -0.325 e. The van der Waals surface area contributed by atoms with E-state index in [-0.39, 0.29) is 5.91 Å². The molecule has 0 bridgehead atoms. The molecule has 0 radical (unpaired) electrons. The molecule has 0 atom stereocenters. The van der Waals surface area contributed by atoms with Crippen LogP contribution in [0.5, 0.6) is 0 Å². The van der Waals surface area contributed by atoms with Crippen molar-refractivity contribution in [3.63, 3.8) is 0 Å². The molecule has 1 aliphatic rings. The van der Waals surface area contributed by atoms with Gasteiger partial charge in [-0.25, -0.2) is 0 Å². The Hall–Kier alpha value is -1.35. The second kappa shape index (κ2) is 5.32. The number of fused-ring (bicyclic) bond motifs is 1. The third-order valence-electron chi connectivity index (χ3n) is 3.05. The Kier molecular flexibility index (Phi) is 3.79. The van der Waals surface area contributed by atoms with Crippen molar-refractivity contribution in [3.8, 4) is 0 Å². The zero-order valence-electron chi connectivity index (χ0n) is 10.5. The van der Waals surface area contributed by atoms with Crippen LogP contribution in [0.3, 0.4) is 0 Å². The predicted molar refractivity (Wildman–Crippen MR) is 70.2 cm³/mol. The molecule has 0 saturated carbocycles. The van der Waals surface area contributed by atoms with Crippen molar-refractivity contribution in [1.82, 2.24) is 5.32 Å². The molecule has 0 aliphatic heterocycles. The van der Waals surface area contributed by atoms with Gasteiger partial charge in [0, 0.05) is 11.7 Å². The highest BCUT2D eigenvalue weighted by Crippen LogP contribution is 2.24. The smallest absolute Gasteiger partial charge is 0.238 e. The van der Waals surface area contributed by atoms with Crippen molar-refractivity contribution in [1.29, 1.82) is 0 Å². The summed E-state index contributed by atoms with van der Waals surface area (Å²) in [6.07, 6.45) is 3.56. The molecule has 17 heavy (non-hydrogen) atoms. The number of carbonyl (C=O) groups is 1. The fraction of sp³-hybridized carbons (Fsp3) is 0.500. The zero-order chi connectivity index (χ0) is 12.3. The maximum atomic E-state index is 11.6. The van der Waals surface area contributed by atoms with Gasteiger partial charge in [-0.2, -0.15) is 0 Å². The van der Waals surface area contributed by atoms with Crippen LogP contribution < -0.4 is 10.6 Å². The molecule has 1 aromatic carbocycles. The van der Waals surface area contributed by atoms with E-state index in [4.69, 9.17) is 0 Å². The molecule has 0 saturated heterocycles. The number of carbonyl (C=O) groups excluding carboxylic acids is 1. The number of anilines is 1. The maximum absolute atomic E-state index is 11.6. The minimum absolute atomic E-state index is 0.0247. The summed E-state index contributed by atoms with van der Waals surface area (Å²) in [4.78, 5) is 11.6. The Bertz CT molecular complexity index is 413. The van der Waals surface area contributed by atoms with Gasteiger partial charge in [-0.15, -0.1) is 0 Å². The van der Waals surface area contributed by atoms with E-state index in [1.807, 2.05) is 19.9 Å². The maximum Gasteiger partial charge on any atom is 0.238 e. The van der Waals surface area contributed by atoms with Gasteiger partial charge in [-0.1, -0.05) is 19.9 Å². The summed E-state index contributed by atoms with van der Waals surface area (Å²) < 4.78 is 0. The van der Waals surface area contributed by atoms with Gasteiger partial charge in [-0.3, -0.25) is 4.79 Å². The molecule has 1 amide bonds. The van der Waals surface area contributed by atoms with Crippen LogP contribution in [0.15, 0.2) is 18.2 Å². The number of aryl methyl sites for hydroxylation is 2. The highest BCUT2D eigenvalue weighted by Gasteiger charge is 2.11. The summed E-state index contributed by atoms with van der Waals surface area (Å²) in [5.41, 5.74) is 3.74. The molecule has 2 rings (SSSR count). The molecule has 92 valence electrons. The molecule has 2 N–H and O–H groups in total. The third kappa shape index (κ3) is 3.30. The molecule has 1 aliphatic carbocycles. The lowest BCUT2D eigenvalue weighted by molar-refractivity contribution is -0.115. The minimum atomic E-state index is 0.0247. The molecule has 0 fully saturated rings. The third-order valence-corrected chi connectivity index (χ3v) is 3.05. The molecule has 1 aromatic rings. The van der Waals surface area contributed by atoms with Gasteiger partial charge < -0.3 is 10.6 Å². The fourth-order valence-corrected chi connectivity index (χ4v) is 2.15. The van der Waals surface area contributed by atoms with E-state index < -0.39 is 0 Å². The number of benzene rings is 1. The lowest BCUT2D eigenvalue weighted by atomic mass is 10.1. The van der Waals surface area contributed by atoms with Crippen molar-refractivity contribution < 1.29 is 4.79 Å². The highest BCUT2D eigenvalue weighted by atomic mass is 16.1. The first-order chi connectivity index (χ1) is 8.15. The van der Waals surface area contributed by atoms with Crippen molar-refractivity contribution in [2.75, 3.05) is 11.9 Å². The van der Waals surface area contributed by atoms with Gasteiger partial charge in [0.05, 0.1) is 6.54 Å². The average molecular weight is 232 g/mol. The lowest BCUT2D eigenvalue weighted by Crippen LogP contribution is -2.32. The summed E-state index contributed by atoms with van der Waals surface area (Å²) in [5, 5.41) is 6.03. The van der Waals surface area contributed by atoms with Gasteiger partial charge >= 0.3 is 0 Å². The zero-order valence-corrected chi connectivity index (χ0v) is 10.5. The van der Waals surface area contributed by atoms with E-state index in [0.29, 0.717) is 12.6 Å². The Morgan fingerprint density at radius 1 is 1.29 bits per heavy atom. The van der Waals surface area contributed by atoms with Gasteiger partial charge in [0.1, 0.15) is 0 Å². The van der Waals surface area contributed by atoms with Crippen LogP contribution in [-0.2, 0) is 17.6 Å². The molecule has 0 aromatic heterocycles. The van der Waals surface area contributed by atoms with Gasteiger partial charge in [0.2, 0.25) is 5.91 Å². The summed E-state index contributed by atoms with van der Waals surface area (Å²) in [7, 11) is 0. The normalized spacial score (nSPS) is 13.8. The van der Waals surface area contributed by atoms with Crippen molar-refractivity contribution in [3.05, 3.63) is 29.3 Å². The number of rotatable bonds is 4. The summed E-state index contributed by atoms with van der Waals surface area (Å²) in [6.45, 7) is 4.43. The SMILES string of the molecule is CC(C)NCC(=O)Nc1ccc2c(c1)CCC2. The van der Waals surface area contributed by atoms with Crippen molar-refractivity contribution in [2.45, 2.75) is 39.2 Å². The quantitative estimate of drug-likeness (QED) is 0.835. The summed E-state index contributed by atoms with van der Waals surface area (Å²) in [6, 6.07) is 6.57. The van der Waals surface area contributed by atoms with Crippen LogP contribution in [0.4, 0.5) is 5.69 Å². The Morgan fingerprint density at radius 2 is 2.06 bits per heavy atom. The Labute approximate surface area is 103 Å². The van der Waals surface area contributed by atoms with Crippen molar-refractivity contribution in [2.24, 2.45) is 0 Å².